The lowest BCUT2D eigenvalue weighted by atomic mass is 9.99. The van der Waals surface area contributed by atoms with E-state index in [4.69, 9.17) is 16.3 Å². The van der Waals surface area contributed by atoms with Gasteiger partial charge in [0.15, 0.2) is 0 Å². The van der Waals surface area contributed by atoms with Gasteiger partial charge >= 0.3 is 0 Å². The standard InChI is InChI=1S/C18H23ClN4O3S/c19-15-3-1-2-4-16(15)27(24,25)22-14-5-6-17-20-21-18(23(17)10-7-14)13-8-11-26-12-9-13/h1-4,13-14,22H,5-12H2. The van der Waals surface area contributed by atoms with E-state index in [2.05, 4.69) is 19.5 Å². The van der Waals surface area contributed by atoms with Gasteiger partial charge in [0.2, 0.25) is 10.0 Å². The molecule has 1 saturated heterocycles. The number of aromatic nitrogens is 3. The molecule has 2 aliphatic heterocycles. The molecule has 0 spiro atoms. The van der Waals surface area contributed by atoms with Crippen LogP contribution in [-0.4, -0.2) is 42.4 Å². The number of aryl methyl sites for hydroxylation is 1. The third-order valence-electron chi connectivity index (χ3n) is 5.31. The predicted molar refractivity (Wildman–Crippen MR) is 101 cm³/mol. The Bertz CT molecular complexity index is 909. The van der Waals surface area contributed by atoms with Gasteiger partial charge in [-0.25, -0.2) is 13.1 Å². The van der Waals surface area contributed by atoms with Crippen LogP contribution in [0.1, 0.15) is 43.3 Å². The van der Waals surface area contributed by atoms with Crippen LogP contribution in [0.15, 0.2) is 29.2 Å². The van der Waals surface area contributed by atoms with Crippen molar-refractivity contribution in [2.45, 2.75) is 55.5 Å². The summed E-state index contributed by atoms with van der Waals surface area (Å²) in [6.07, 6.45) is 4.01. The Morgan fingerprint density at radius 2 is 1.89 bits per heavy atom. The third-order valence-corrected chi connectivity index (χ3v) is 7.33. The van der Waals surface area contributed by atoms with E-state index >= 15 is 0 Å². The van der Waals surface area contributed by atoms with Crippen LogP contribution in [0.25, 0.3) is 0 Å². The topological polar surface area (TPSA) is 86.1 Å². The van der Waals surface area contributed by atoms with Crippen molar-refractivity contribution in [3.8, 4) is 0 Å². The first-order valence-corrected chi connectivity index (χ1v) is 11.2. The summed E-state index contributed by atoms with van der Waals surface area (Å²) < 4.78 is 35.9. The fourth-order valence-electron chi connectivity index (χ4n) is 3.83. The second-order valence-corrected chi connectivity index (χ2v) is 9.18. The van der Waals surface area contributed by atoms with Crippen LogP contribution >= 0.6 is 11.6 Å². The fourth-order valence-corrected chi connectivity index (χ4v) is 5.66. The zero-order valence-corrected chi connectivity index (χ0v) is 16.5. The van der Waals surface area contributed by atoms with E-state index in [1.165, 1.54) is 6.07 Å². The van der Waals surface area contributed by atoms with E-state index < -0.39 is 10.0 Å². The number of hydrogen-bond acceptors (Lipinski definition) is 5. The number of fused-ring (bicyclic) bond motifs is 1. The molecule has 0 bridgehead atoms. The zero-order valence-electron chi connectivity index (χ0n) is 15.0. The van der Waals surface area contributed by atoms with Gasteiger partial charge in [0, 0.05) is 38.1 Å². The maximum absolute atomic E-state index is 12.7. The number of rotatable bonds is 4. The summed E-state index contributed by atoms with van der Waals surface area (Å²) in [4.78, 5) is 0.123. The zero-order chi connectivity index (χ0) is 18.9. The molecule has 0 saturated carbocycles. The van der Waals surface area contributed by atoms with Crippen molar-refractivity contribution >= 4 is 21.6 Å². The molecule has 146 valence electrons. The van der Waals surface area contributed by atoms with E-state index in [-0.39, 0.29) is 16.0 Å². The molecule has 1 aromatic carbocycles. The molecule has 1 fully saturated rings. The average molecular weight is 411 g/mol. The lowest BCUT2D eigenvalue weighted by molar-refractivity contribution is 0.0827. The highest BCUT2D eigenvalue weighted by molar-refractivity contribution is 7.89. The molecule has 2 aromatic rings. The first-order chi connectivity index (χ1) is 13.0. The largest absolute Gasteiger partial charge is 0.381 e. The Labute approximate surface area is 164 Å². The minimum absolute atomic E-state index is 0.123. The maximum Gasteiger partial charge on any atom is 0.242 e. The summed E-state index contributed by atoms with van der Waals surface area (Å²) in [6.45, 7) is 2.23. The smallest absolute Gasteiger partial charge is 0.242 e. The van der Waals surface area contributed by atoms with Gasteiger partial charge in [-0.15, -0.1) is 10.2 Å². The minimum Gasteiger partial charge on any atom is -0.381 e. The van der Waals surface area contributed by atoms with Gasteiger partial charge in [0.25, 0.3) is 0 Å². The van der Waals surface area contributed by atoms with Crippen LogP contribution < -0.4 is 4.72 Å². The molecule has 7 nitrogen and oxygen atoms in total. The molecule has 1 N–H and O–H groups in total. The van der Waals surface area contributed by atoms with Crippen LogP contribution in [-0.2, 0) is 27.7 Å². The fraction of sp³-hybridized carbons (Fsp3) is 0.556. The number of ether oxygens (including phenoxy) is 1. The van der Waals surface area contributed by atoms with Gasteiger partial charge in [-0.05, 0) is 37.8 Å². The van der Waals surface area contributed by atoms with E-state index in [9.17, 15) is 8.42 Å². The first kappa shape index (κ1) is 18.9. The van der Waals surface area contributed by atoms with Gasteiger partial charge < -0.3 is 9.30 Å². The van der Waals surface area contributed by atoms with E-state index in [1.807, 2.05) is 0 Å². The summed E-state index contributed by atoms with van der Waals surface area (Å²) >= 11 is 6.07. The van der Waals surface area contributed by atoms with Gasteiger partial charge in [-0.3, -0.25) is 0 Å². The van der Waals surface area contributed by atoms with Gasteiger partial charge in [0.1, 0.15) is 16.5 Å². The van der Waals surface area contributed by atoms with Crippen LogP contribution in [0.2, 0.25) is 5.02 Å². The van der Waals surface area contributed by atoms with Crippen molar-refractivity contribution in [3.63, 3.8) is 0 Å². The minimum atomic E-state index is -3.65. The summed E-state index contributed by atoms with van der Waals surface area (Å²) in [7, 11) is -3.65. The number of sulfonamides is 1. The number of nitrogens with one attached hydrogen (secondary N) is 1. The van der Waals surface area contributed by atoms with Crippen molar-refractivity contribution in [1.82, 2.24) is 19.5 Å². The Balaban J connectivity index is 1.47. The van der Waals surface area contributed by atoms with E-state index in [1.54, 1.807) is 18.2 Å². The lowest BCUT2D eigenvalue weighted by Crippen LogP contribution is -2.35. The SMILES string of the molecule is O=S(=O)(NC1CCc2nnc(C3CCOCC3)n2CC1)c1ccccc1Cl. The highest BCUT2D eigenvalue weighted by Gasteiger charge is 2.28. The quantitative estimate of drug-likeness (QED) is 0.836. The number of hydrogen-bond donors (Lipinski definition) is 1. The third kappa shape index (κ3) is 4.03. The Morgan fingerprint density at radius 3 is 2.67 bits per heavy atom. The van der Waals surface area contributed by atoms with Crippen LogP contribution in [0, 0.1) is 0 Å². The second kappa shape index (κ2) is 7.87. The van der Waals surface area contributed by atoms with Crippen molar-refractivity contribution < 1.29 is 13.2 Å². The molecule has 0 radical (unpaired) electrons. The first-order valence-electron chi connectivity index (χ1n) is 9.31. The summed E-state index contributed by atoms with van der Waals surface area (Å²) in [5.74, 6) is 2.33. The predicted octanol–water partition coefficient (Wildman–Crippen LogP) is 2.51. The van der Waals surface area contributed by atoms with Crippen molar-refractivity contribution in [2.24, 2.45) is 0 Å². The number of nitrogens with zero attached hydrogens (tertiary/aromatic N) is 3. The van der Waals surface area contributed by atoms with E-state index in [0.717, 1.165) is 37.7 Å². The second-order valence-electron chi connectivity index (χ2n) is 7.09. The molecule has 1 unspecified atom stereocenters. The molecule has 3 heterocycles. The molecule has 4 rings (SSSR count). The van der Waals surface area contributed by atoms with E-state index in [0.29, 0.717) is 31.7 Å². The van der Waals surface area contributed by atoms with Crippen molar-refractivity contribution in [3.05, 3.63) is 40.9 Å². The molecule has 2 aliphatic rings. The van der Waals surface area contributed by atoms with Gasteiger partial charge in [-0.2, -0.15) is 0 Å². The van der Waals surface area contributed by atoms with Gasteiger partial charge in [0.05, 0.1) is 5.02 Å². The molecule has 1 atom stereocenters. The van der Waals surface area contributed by atoms with Crippen LogP contribution in [0.3, 0.4) is 0 Å². The summed E-state index contributed by atoms with van der Waals surface area (Å²) in [5, 5.41) is 9.03. The highest BCUT2D eigenvalue weighted by Crippen LogP contribution is 2.28. The highest BCUT2D eigenvalue weighted by atomic mass is 35.5. The number of benzene rings is 1. The molecule has 0 aliphatic carbocycles. The van der Waals surface area contributed by atoms with Crippen LogP contribution in [0.5, 0.6) is 0 Å². The molecule has 1 aromatic heterocycles. The molecular weight excluding hydrogens is 388 g/mol. The van der Waals surface area contributed by atoms with Crippen LogP contribution in [0.4, 0.5) is 0 Å². The normalized spacial score (nSPS) is 21.6. The Morgan fingerprint density at radius 1 is 1.11 bits per heavy atom. The lowest BCUT2D eigenvalue weighted by Gasteiger charge is -2.22. The number of halogens is 1. The average Bonchev–Trinajstić information content (AvgIpc) is 2.98. The monoisotopic (exact) mass is 410 g/mol. The molecular formula is C18H23ClN4O3S. The summed E-state index contributed by atoms with van der Waals surface area (Å²) in [6, 6.07) is 6.35. The molecule has 0 amide bonds. The summed E-state index contributed by atoms with van der Waals surface area (Å²) in [5.41, 5.74) is 0. The molecule has 27 heavy (non-hydrogen) atoms. The van der Waals surface area contributed by atoms with Gasteiger partial charge in [-0.1, -0.05) is 23.7 Å². The Kier molecular flexibility index (Phi) is 5.50. The van der Waals surface area contributed by atoms with Crippen molar-refractivity contribution in [1.29, 1.82) is 0 Å². The van der Waals surface area contributed by atoms with Crippen molar-refractivity contribution in [2.75, 3.05) is 13.2 Å². The Hall–Kier alpha value is -1.48. The molecule has 9 heteroatoms. The maximum atomic E-state index is 12.7.